The van der Waals surface area contributed by atoms with Crippen LogP contribution in [-0.4, -0.2) is 63.5 Å². The first-order valence-corrected chi connectivity index (χ1v) is 19.7. The fourth-order valence-electron chi connectivity index (χ4n) is 5.31. The number of imidazole rings is 1. The van der Waals surface area contributed by atoms with Crippen LogP contribution in [0.15, 0.2) is 54.6 Å². The maximum Gasteiger partial charge on any atom is 2.00 e. The summed E-state index contributed by atoms with van der Waals surface area (Å²) in [6.45, 7) is 18.1. The molecular formula is C40H56FN6O3PV. The van der Waals surface area contributed by atoms with Gasteiger partial charge < -0.3 is 27.2 Å². The number of carbonyl (C=O) groups is 1. The number of carbonyl (C=O) groups excluding carboxylic acids is 1. The number of likely N-dealkylation sites (tertiary alicyclic amines) is 1. The zero-order chi connectivity index (χ0) is 36.8. The van der Waals surface area contributed by atoms with Gasteiger partial charge in [0.25, 0.3) is 0 Å². The minimum atomic E-state index is -0.459. The van der Waals surface area contributed by atoms with Crippen molar-refractivity contribution in [1.82, 2.24) is 19.4 Å². The number of hydrogen-bond donors (Lipinski definition) is 1. The molecule has 1 fully saturated rings. The van der Waals surface area contributed by atoms with Crippen LogP contribution in [0.3, 0.4) is 0 Å². The van der Waals surface area contributed by atoms with E-state index < -0.39 is 11.7 Å². The van der Waals surface area contributed by atoms with E-state index in [2.05, 4.69) is 36.8 Å². The predicted octanol–water partition coefficient (Wildman–Crippen LogP) is 8.70. The van der Waals surface area contributed by atoms with Gasteiger partial charge in [-0.2, -0.15) is 5.26 Å². The van der Waals surface area contributed by atoms with Gasteiger partial charge in [0, 0.05) is 41.0 Å². The van der Waals surface area contributed by atoms with Crippen molar-refractivity contribution in [3.05, 3.63) is 103 Å². The van der Waals surface area contributed by atoms with Crippen LogP contribution in [0.4, 0.5) is 4.39 Å². The van der Waals surface area contributed by atoms with E-state index in [1.54, 1.807) is 24.3 Å². The van der Waals surface area contributed by atoms with Gasteiger partial charge in [0.05, 0.1) is 29.2 Å². The normalized spacial score (nSPS) is 13.1. The summed E-state index contributed by atoms with van der Waals surface area (Å²) in [6.07, 6.45) is 4.01. The Morgan fingerprint density at radius 3 is 2.37 bits per heavy atom. The Balaban J connectivity index is 0.00000110. The summed E-state index contributed by atoms with van der Waals surface area (Å²) < 4.78 is 27.1. The van der Waals surface area contributed by atoms with Crippen LogP contribution in [0.5, 0.6) is 5.88 Å². The molecule has 9 nitrogen and oxygen atoms in total. The maximum absolute atomic E-state index is 14.2. The van der Waals surface area contributed by atoms with Gasteiger partial charge in [0.1, 0.15) is 18.2 Å². The van der Waals surface area contributed by atoms with Gasteiger partial charge in [-0.15, -0.1) is 7.92 Å². The molecule has 1 radical (unpaired) electrons. The van der Waals surface area contributed by atoms with E-state index in [1.807, 2.05) is 58.0 Å². The third-order valence-electron chi connectivity index (χ3n) is 8.80. The van der Waals surface area contributed by atoms with E-state index in [4.69, 9.17) is 30.4 Å². The molecule has 2 aromatic carbocycles. The molecule has 0 atom stereocenters. The number of aromatic nitrogens is 3. The summed E-state index contributed by atoms with van der Waals surface area (Å²) in [6, 6.07) is 17.5. The molecule has 1 saturated heterocycles. The largest absolute Gasteiger partial charge is 2.00 e. The van der Waals surface area contributed by atoms with Crippen LogP contribution < -0.4 is 10.5 Å². The first-order chi connectivity index (χ1) is 23.9. The zero-order valence-corrected chi connectivity index (χ0v) is 34.4. The summed E-state index contributed by atoms with van der Waals surface area (Å²) in [5.74, 6) is 0.896. The number of ether oxygens (including phenoxy) is 2. The molecule has 3 heterocycles. The first kappa shape index (κ1) is 46.7. The average Bonchev–Trinajstić information content (AvgIpc) is 3.47. The number of hydrogen-bond acceptors (Lipinski definition) is 7. The van der Waals surface area contributed by atoms with E-state index >= 15 is 0 Å². The zero-order valence-electron chi connectivity index (χ0n) is 32.2. The summed E-state index contributed by atoms with van der Waals surface area (Å²) in [5.41, 5.74) is 9.52. The van der Waals surface area contributed by atoms with Gasteiger partial charge in [0.15, 0.2) is 0 Å². The maximum atomic E-state index is 14.2. The Kier molecular flexibility index (Phi) is 20.4. The third kappa shape index (κ3) is 13.6. The number of halogens is 1. The number of aryl methyl sites for hydroxylation is 1. The number of nitrogens with two attached hydrogens (primary N) is 1. The Morgan fingerprint density at radius 1 is 1.12 bits per heavy atom. The number of nitriles is 1. The van der Waals surface area contributed by atoms with Crippen molar-refractivity contribution in [2.45, 2.75) is 85.1 Å². The minimum absolute atomic E-state index is 0. The Morgan fingerprint density at radius 2 is 1.81 bits per heavy atom. The molecule has 0 bridgehead atoms. The van der Waals surface area contributed by atoms with Gasteiger partial charge in [-0.3, -0.25) is 9.69 Å². The van der Waals surface area contributed by atoms with Crippen LogP contribution in [0.1, 0.15) is 92.8 Å². The fourth-order valence-corrected chi connectivity index (χ4v) is 5.91. The van der Waals surface area contributed by atoms with Gasteiger partial charge in [-0.25, -0.2) is 21.5 Å². The molecule has 1 aliphatic heterocycles. The SMILES string of the molecule is CC.CP(C)CCn1c(CN2CCC(c3cccc(OCc4ccc(C#N)cc4F)n3)CC2)nc2ccc(C(N)=O)cc21.[CH2-]OC(C)(C)CC.[CH3-].[V+2]. The summed E-state index contributed by atoms with van der Waals surface area (Å²) in [4.78, 5) is 23.9. The monoisotopic (exact) mass is 769 g/mol. The number of pyridine rings is 1. The Hall–Kier alpha value is -3.32. The molecule has 1 aliphatic rings. The summed E-state index contributed by atoms with van der Waals surface area (Å²) in [7, 11) is 3.26. The Labute approximate surface area is 324 Å². The molecule has 2 N–H and O–H groups in total. The van der Waals surface area contributed by atoms with Crippen LogP contribution in [0.25, 0.3) is 11.0 Å². The fraction of sp³-hybridized carbons (Fsp3) is 0.450. The average molecular weight is 770 g/mol. The van der Waals surface area contributed by atoms with E-state index in [0.717, 1.165) is 74.2 Å². The van der Waals surface area contributed by atoms with Crippen LogP contribution in [0, 0.1) is 31.7 Å². The van der Waals surface area contributed by atoms with Crippen LogP contribution in [-0.2, 0) is 43.0 Å². The number of piperidine rings is 1. The van der Waals surface area contributed by atoms with E-state index in [-0.39, 0.29) is 51.7 Å². The molecule has 0 aliphatic carbocycles. The standard InChI is InChI=1S/C31H34FN6O2P.C6H13O.C2H6.CH3.V/c1-41(2)15-14-38-28-17-23(31(34)39)8-9-27(28)35-29(38)19-37-12-10-22(11-13-37)26-4-3-5-30(36-26)40-20-24-7-6-21(18-33)16-25(24)32;1-5-6(2,3)7-4;1-2;;/h3-9,16-17,22H,10-15,19-20H2,1-2H3,(H2,34,39);4-5H2,1-3H3;1-2H3;1H3;/q;-1;;-1;+2. The minimum Gasteiger partial charge on any atom is -0.551 e. The molecule has 1 amide bonds. The van der Waals surface area contributed by atoms with E-state index in [1.165, 1.54) is 6.07 Å². The van der Waals surface area contributed by atoms with Gasteiger partial charge in [0.2, 0.25) is 11.8 Å². The number of amides is 1. The summed E-state index contributed by atoms with van der Waals surface area (Å²) in [5, 5.41) is 8.93. The molecule has 0 spiro atoms. The van der Waals surface area contributed by atoms with E-state index in [0.29, 0.717) is 22.9 Å². The van der Waals surface area contributed by atoms with Crippen molar-refractivity contribution in [2.75, 3.05) is 32.6 Å². The van der Waals surface area contributed by atoms with Crippen LogP contribution >= 0.6 is 7.92 Å². The number of nitrogens with zero attached hydrogens (tertiary/aromatic N) is 5. The first-order valence-electron chi connectivity index (χ1n) is 17.3. The van der Waals surface area contributed by atoms with Crippen molar-refractivity contribution >= 4 is 24.9 Å². The van der Waals surface area contributed by atoms with E-state index in [9.17, 15) is 9.18 Å². The molecule has 5 rings (SSSR count). The smallest absolute Gasteiger partial charge is 0.551 e. The second-order valence-electron chi connectivity index (χ2n) is 13.0. The predicted molar refractivity (Wildman–Crippen MR) is 207 cm³/mol. The molecule has 4 aromatic rings. The quantitative estimate of drug-likeness (QED) is 0.113. The van der Waals surface area contributed by atoms with Crippen LogP contribution in [0.2, 0.25) is 0 Å². The molecule has 0 unspecified atom stereocenters. The third-order valence-corrected chi connectivity index (χ3v) is 9.89. The topological polar surface area (TPSA) is 119 Å². The van der Waals surface area contributed by atoms with Crippen molar-refractivity contribution in [3.8, 4) is 11.9 Å². The molecule has 0 saturated carbocycles. The number of fused-ring (bicyclic) bond motifs is 1. The van der Waals surface area contributed by atoms with Gasteiger partial charge in [-0.1, -0.05) is 32.9 Å². The van der Waals surface area contributed by atoms with Crippen molar-refractivity contribution < 1.29 is 37.2 Å². The molecule has 281 valence electrons. The molecular weight excluding hydrogens is 713 g/mol. The van der Waals surface area contributed by atoms with Crippen molar-refractivity contribution in [1.29, 1.82) is 5.26 Å². The second-order valence-corrected chi connectivity index (χ2v) is 15.6. The number of primary amides is 1. The van der Waals surface area contributed by atoms with Crippen molar-refractivity contribution in [2.24, 2.45) is 5.73 Å². The second kappa shape index (κ2) is 22.7. The van der Waals surface area contributed by atoms with Gasteiger partial charge in [-0.05, 0) is 102 Å². The molecule has 12 heteroatoms. The summed E-state index contributed by atoms with van der Waals surface area (Å²) >= 11 is 0. The molecule has 2 aromatic heterocycles. The van der Waals surface area contributed by atoms with Gasteiger partial charge >= 0.3 is 18.6 Å². The molecule has 52 heavy (non-hydrogen) atoms. The number of benzene rings is 2. The van der Waals surface area contributed by atoms with Crippen molar-refractivity contribution in [3.63, 3.8) is 0 Å². The number of rotatable bonds is 12. The Bertz CT molecular complexity index is 1730.